The fraction of sp³-hybridized carbons (Fsp3) is 0.402. The number of anilines is 1. The maximum absolute atomic E-state index is 12.6. The Morgan fingerprint density at radius 3 is 1.09 bits per heavy atom. The van der Waals surface area contributed by atoms with Crippen LogP contribution in [0.1, 0.15) is 248 Å². The van der Waals surface area contributed by atoms with E-state index in [1.807, 2.05) is 43.3 Å². The second-order valence-electron chi connectivity index (χ2n) is 26.4. The fourth-order valence-electron chi connectivity index (χ4n) is 10.1. The molecular weight excluding hydrogens is 1450 g/mol. The Morgan fingerprint density at radius 2 is 0.714 bits per heavy atom. The van der Waals surface area contributed by atoms with Crippen LogP contribution in [0.2, 0.25) is 15.1 Å². The Hall–Kier alpha value is -5.70. The molecule has 0 aliphatic heterocycles. The molecule has 0 heterocycles. The van der Waals surface area contributed by atoms with Gasteiger partial charge in [-0.15, -0.1) is 0 Å². The third-order valence-corrected chi connectivity index (χ3v) is 17.1. The minimum atomic E-state index is -4.48. The molecular formula is C82H102Br2Cl3F8NO2. The van der Waals surface area contributed by atoms with Gasteiger partial charge in [-0.05, 0) is 239 Å². The molecule has 16 heteroatoms. The highest BCUT2D eigenvalue weighted by Gasteiger charge is 2.35. The van der Waals surface area contributed by atoms with Crippen LogP contribution >= 0.6 is 66.7 Å². The average Bonchev–Trinajstić information content (AvgIpc) is 0.823. The molecule has 0 aromatic heterocycles. The van der Waals surface area contributed by atoms with Gasteiger partial charge in [0.15, 0.2) is 0 Å². The first-order chi connectivity index (χ1) is 45.2. The molecule has 0 aliphatic carbocycles. The van der Waals surface area contributed by atoms with Crippen LogP contribution in [0.4, 0.5) is 40.8 Å². The molecule has 0 spiro atoms. The van der Waals surface area contributed by atoms with Crippen molar-refractivity contribution in [2.24, 2.45) is 0 Å². The number of nitrogens with one attached hydrogen (secondary N) is 1. The SMILES string of the molecule is CC(=O)Nc1ccc(C(C)C)c(Cl)c1.CC(C)c1ccc(Br)cc1C(F)(F)F.CC(C)c1ccc(F)cc1C(F)(F)F.COc1cc(C)ccc1C(C)C.Cc1cc(Br)ccc1C(C)C.Cc1cc(Cl)ccc1C(C)C.Cc1cc(F)ccc1C(C)C.Cc1ccc(C(C)C)c(Cl)c1. The van der Waals surface area contributed by atoms with Crippen LogP contribution in [-0.4, -0.2) is 13.0 Å². The van der Waals surface area contributed by atoms with Gasteiger partial charge < -0.3 is 10.1 Å². The number of ether oxygens (including phenoxy) is 1. The first kappa shape index (κ1) is 90.3. The van der Waals surface area contributed by atoms with Crippen LogP contribution in [0, 0.1) is 46.3 Å². The van der Waals surface area contributed by atoms with Crippen LogP contribution in [0.25, 0.3) is 0 Å². The molecule has 98 heavy (non-hydrogen) atoms. The zero-order chi connectivity index (χ0) is 75.4. The Kier molecular flexibility index (Phi) is 39.8. The predicted molar refractivity (Wildman–Crippen MR) is 409 cm³/mol. The number of hydrogen-bond donors (Lipinski definition) is 1. The number of carbonyl (C=O) groups excluding carboxylic acids is 1. The van der Waals surface area contributed by atoms with Gasteiger partial charge in [0.05, 0.1) is 18.2 Å². The lowest BCUT2D eigenvalue weighted by Crippen LogP contribution is -2.10. The standard InChI is InChI=1S/C11H14ClNO.C11H16O.C10H10BrF3.C10H13Br.2C10H13Cl.C10H10F4.C10H13F/c1-7(2)10-5-4-9(6-11(10)12)13-8(3)14;1-8(2)10-6-5-9(3)7-11(10)12-4;1-6(2)8-4-3-7(11)5-9(8)10(12,13)14;2*1-7(2)10-5-4-9(11)6-8(10)3;1-7(2)9-5-4-8(3)6-10(9)11;1-6(2)8-4-3-7(11)5-9(8)10(12,13)14;1-7(2)10-5-4-9(11)6-8(10)3/h4-7H,1-3H3,(H,13,14);5-8H,1-4H3;3-6H,1-2H3;3*4-7H,1-3H3;3-6H,1-2H3;4-7H,1-3H3. The third kappa shape index (κ3) is 32.7. The summed E-state index contributed by atoms with van der Waals surface area (Å²) in [5.74, 6) is 2.66. The summed E-state index contributed by atoms with van der Waals surface area (Å²) in [5.41, 5.74) is 13.6. The molecule has 0 radical (unpaired) electrons. The summed E-state index contributed by atoms with van der Waals surface area (Å²) < 4.78 is 107. The van der Waals surface area contributed by atoms with Crippen LogP contribution < -0.4 is 10.1 Å². The molecule has 0 bridgehead atoms. The molecule has 8 aromatic rings. The van der Waals surface area contributed by atoms with E-state index >= 15 is 0 Å². The van der Waals surface area contributed by atoms with Gasteiger partial charge in [-0.2, -0.15) is 26.3 Å². The highest BCUT2D eigenvalue weighted by Crippen LogP contribution is 2.38. The second kappa shape index (κ2) is 43.2. The van der Waals surface area contributed by atoms with E-state index in [-0.39, 0.29) is 29.1 Å². The van der Waals surface area contributed by atoms with Crippen LogP contribution in [0.15, 0.2) is 155 Å². The number of amides is 1. The monoisotopic (exact) mass is 1550 g/mol. The molecule has 8 aromatic carbocycles. The number of halogens is 13. The number of aryl methyl sites for hydroxylation is 5. The molecule has 538 valence electrons. The smallest absolute Gasteiger partial charge is 0.416 e. The van der Waals surface area contributed by atoms with Gasteiger partial charge in [0.2, 0.25) is 5.91 Å². The van der Waals surface area contributed by atoms with E-state index < -0.39 is 29.3 Å². The van der Waals surface area contributed by atoms with E-state index in [0.717, 1.165) is 44.7 Å². The summed E-state index contributed by atoms with van der Waals surface area (Å²) >= 11 is 24.4. The zero-order valence-electron chi connectivity index (χ0n) is 61.2. The number of rotatable bonds is 10. The van der Waals surface area contributed by atoms with Gasteiger partial charge in [-0.25, -0.2) is 8.78 Å². The van der Waals surface area contributed by atoms with Gasteiger partial charge in [-0.3, -0.25) is 4.79 Å². The van der Waals surface area contributed by atoms with Crippen molar-refractivity contribution in [1.29, 1.82) is 0 Å². The first-order valence-electron chi connectivity index (χ1n) is 32.7. The predicted octanol–water partition coefficient (Wildman–Crippen LogP) is 29.8. The quantitative estimate of drug-likeness (QED) is 0.139. The van der Waals surface area contributed by atoms with Crippen LogP contribution in [0.3, 0.4) is 0 Å². The minimum Gasteiger partial charge on any atom is -0.496 e. The van der Waals surface area contributed by atoms with Crippen molar-refractivity contribution >= 4 is 78.3 Å². The van der Waals surface area contributed by atoms with Crippen molar-refractivity contribution in [3.05, 3.63) is 265 Å². The molecule has 3 nitrogen and oxygen atoms in total. The van der Waals surface area contributed by atoms with Crippen molar-refractivity contribution < 1.29 is 44.7 Å². The Labute approximate surface area is 613 Å². The molecule has 0 saturated heterocycles. The van der Waals surface area contributed by atoms with E-state index in [9.17, 15) is 39.9 Å². The molecule has 8 rings (SSSR count). The summed E-state index contributed by atoms with van der Waals surface area (Å²) in [7, 11) is 1.72. The summed E-state index contributed by atoms with van der Waals surface area (Å²) in [6, 6.07) is 42.6. The van der Waals surface area contributed by atoms with Crippen LogP contribution in [-0.2, 0) is 17.1 Å². The van der Waals surface area contributed by atoms with Crippen molar-refractivity contribution in [1.82, 2.24) is 0 Å². The largest absolute Gasteiger partial charge is 0.496 e. The Morgan fingerprint density at radius 1 is 0.388 bits per heavy atom. The van der Waals surface area contributed by atoms with E-state index in [2.05, 4.69) is 203 Å². The number of carbonyl (C=O) groups is 1. The highest BCUT2D eigenvalue weighted by atomic mass is 79.9. The van der Waals surface area contributed by atoms with Crippen molar-refractivity contribution in [2.75, 3.05) is 12.4 Å². The number of alkyl halides is 6. The van der Waals surface area contributed by atoms with E-state index in [0.29, 0.717) is 56.6 Å². The van der Waals surface area contributed by atoms with Gasteiger partial charge in [0.25, 0.3) is 0 Å². The third-order valence-electron chi connectivity index (χ3n) is 15.2. The molecule has 1 amide bonds. The van der Waals surface area contributed by atoms with Gasteiger partial charge in [-0.1, -0.05) is 238 Å². The summed E-state index contributed by atoms with van der Waals surface area (Å²) in [5, 5.41) is 5.10. The zero-order valence-corrected chi connectivity index (χ0v) is 66.6. The van der Waals surface area contributed by atoms with E-state index in [1.54, 1.807) is 53.0 Å². The second-order valence-corrected chi connectivity index (χ2v) is 29.5. The van der Waals surface area contributed by atoms with Gasteiger partial charge >= 0.3 is 12.4 Å². The van der Waals surface area contributed by atoms with Gasteiger partial charge in [0.1, 0.15) is 17.4 Å². The highest BCUT2D eigenvalue weighted by molar-refractivity contribution is 9.10. The lowest BCUT2D eigenvalue weighted by molar-refractivity contribution is -0.139. The summed E-state index contributed by atoms with van der Waals surface area (Å²) in [4.78, 5) is 10.8. The fourth-order valence-corrected chi connectivity index (χ4v) is 12.0. The molecule has 1 N–H and O–H groups in total. The van der Waals surface area contributed by atoms with Crippen molar-refractivity contribution in [3.8, 4) is 5.75 Å². The van der Waals surface area contributed by atoms with Gasteiger partial charge in [0, 0.05) is 36.6 Å². The molecule has 0 aliphatic rings. The number of methoxy groups -OCH3 is 1. The van der Waals surface area contributed by atoms with Crippen molar-refractivity contribution in [3.63, 3.8) is 0 Å². The van der Waals surface area contributed by atoms with Crippen molar-refractivity contribution in [2.45, 2.75) is 212 Å². The van der Waals surface area contributed by atoms with E-state index in [4.69, 9.17) is 39.5 Å². The lowest BCUT2D eigenvalue weighted by Gasteiger charge is -2.15. The normalized spacial score (nSPS) is 11.0. The maximum Gasteiger partial charge on any atom is 0.416 e. The number of hydrogen-bond acceptors (Lipinski definition) is 2. The first-order valence-corrected chi connectivity index (χ1v) is 35.4. The Bertz CT molecular complexity index is 3460. The molecule has 0 unspecified atom stereocenters. The minimum absolute atomic E-state index is 0.0848. The Balaban J connectivity index is 0.000000561. The average molecular weight is 1550 g/mol. The topological polar surface area (TPSA) is 38.3 Å². The molecule has 0 atom stereocenters. The lowest BCUT2D eigenvalue weighted by atomic mass is 9.97. The van der Waals surface area contributed by atoms with E-state index in [1.165, 1.54) is 79.7 Å². The summed E-state index contributed by atoms with van der Waals surface area (Å²) in [6.07, 6.45) is -8.76. The summed E-state index contributed by atoms with van der Waals surface area (Å²) in [6.45, 7) is 44.4. The molecule has 0 saturated carbocycles. The van der Waals surface area contributed by atoms with Crippen LogP contribution in [0.5, 0.6) is 5.75 Å². The number of benzene rings is 8. The molecule has 0 fully saturated rings. The maximum atomic E-state index is 12.6.